The highest BCUT2D eigenvalue weighted by Crippen LogP contribution is 2.30. The molecule has 33 heavy (non-hydrogen) atoms. The number of carbonyl (C=O) groups is 1. The van der Waals surface area contributed by atoms with E-state index >= 15 is 0 Å². The van der Waals surface area contributed by atoms with E-state index in [9.17, 15) is 9.90 Å². The Morgan fingerprint density at radius 2 is 1.85 bits per heavy atom. The van der Waals surface area contributed by atoms with E-state index in [4.69, 9.17) is 9.72 Å². The summed E-state index contributed by atoms with van der Waals surface area (Å²) in [5, 5.41) is 14.7. The average Bonchev–Trinajstić information content (AvgIpc) is 3.33. The highest BCUT2D eigenvalue weighted by molar-refractivity contribution is 5.89. The summed E-state index contributed by atoms with van der Waals surface area (Å²) < 4.78 is 7.33. The van der Waals surface area contributed by atoms with E-state index in [-0.39, 0.29) is 5.69 Å². The van der Waals surface area contributed by atoms with E-state index in [0.29, 0.717) is 16.6 Å². The number of ether oxygens (including phenoxy) is 1. The number of carboxylic acids is 1. The third kappa shape index (κ3) is 3.91. The third-order valence-electron chi connectivity index (χ3n) is 6.00. The number of benzene rings is 2. The summed E-state index contributed by atoms with van der Waals surface area (Å²) in [5.41, 5.74) is 5.88. The minimum absolute atomic E-state index is 0.0329. The lowest BCUT2D eigenvalue weighted by molar-refractivity contribution is 0.0689. The van der Waals surface area contributed by atoms with Crippen molar-refractivity contribution in [3.63, 3.8) is 0 Å². The van der Waals surface area contributed by atoms with Gasteiger partial charge in [0, 0.05) is 36.0 Å². The largest absolute Gasteiger partial charge is 0.496 e. The molecule has 0 saturated heterocycles. The summed E-state index contributed by atoms with van der Waals surface area (Å²) in [6.45, 7) is 9.89. The zero-order valence-corrected chi connectivity index (χ0v) is 19.6. The predicted octanol–water partition coefficient (Wildman–Crippen LogP) is 4.11. The van der Waals surface area contributed by atoms with Crippen LogP contribution in [-0.4, -0.2) is 45.9 Å². The monoisotopic (exact) mass is 444 g/mol. The van der Waals surface area contributed by atoms with Crippen molar-refractivity contribution in [2.45, 2.75) is 27.7 Å². The van der Waals surface area contributed by atoms with Crippen LogP contribution >= 0.6 is 0 Å². The van der Waals surface area contributed by atoms with Gasteiger partial charge in [-0.3, -0.25) is 0 Å². The summed E-state index contributed by atoms with van der Waals surface area (Å²) in [7, 11) is 1.63. The van der Waals surface area contributed by atoms with Gasteiger partial charge in [0.05, 0.1) is 23.7 Å². The quantitative estimate of drug-likeness (QED) is 0.462. The zero-order valence-electron chi connectivity index (χ0n) is 19.6. The molecule has 2 heterocycles. The fourth-order valence-electron chi connectivity index (χ4n) is 4.23. The van der Waals surface area contributed by atoms with Crippen molar-refractivity contribution in [2.24, 2.45) is 0 Å². The Hall–Kier alpha value is -3.87. The molecule has 2 aromatic carbocycles. The SMILES string of the molecule is CCN(CC)c1cc(C)c(/C=c2\c(C(=O)O)nn3c(C)c(-c4ccccc4)nc23)c(OC)c1. The summed E-state index contributed by atoms with van der Waals surface area (Å²) in [4.78, 5) is 19.1. The minimum atomic E-state index is -1.09. The van der Waals surface area contributed by atoms with Crippen molar-refractivity contribution in [1.29, 1.82) is 0 Å². The summed E-state index contributed by atoms with van der Waals surface area (Å²) in [5.74, 6) is -0.414. The second kappa shape index (κ2) is 8.94. The molecule has 0 amide bonds. The Morgan fingerprint density at radius 1 is 1.15 bits per heavy atom. The molecule has 170 valence electrons. The molecule has 0 bridgehead atoms. The number of aromatic nitrogens is 3. The molecule has 0 aliphatic carbocycles. The van der Waals surface area contributed by atoms with Gasteiger partial charge >= 0.3 is 5.97 Å². The van der Waals surface area contributed by atoms with Gasteiger partial charge in [0.1, 0.15) is 5.75 Å². The highest BCUT2D eigenvalue weighted by Gasteiger charge is 2.21. The van der Waals surface area contributed by atoms with Gasteiger partial charge in [-0.15, -0.1) is 0 Å². The fourth-order valence-corrected chi connectivity index (χ4v) is 4.23. The lowest BCUT2D eigenvalue weighted by Crippen LogP contribution is -2.22. The molecule has 2 aromatic heterocycles. The summed E-state index contributed by atoms with van der Waals surface area (Å²) in [6, 6.07) is 13.9. The molecule has 4 aromatic rings. The van der Waals surface area contributed by atoms with E-state index in [1.807, 2.05) is 56.3 Å². The fraction of sp³-hybridized carbons (Fsp3) is 0.269. The average molecular weight is 445 g/mol. The molecule has 7 heteroatoms. The van der Waals surface area contributed by atoms with Crippen molar-refractivity contribution in [3.05, 3.63) is 70.2 Å². The maximum absolute atomic E-state index is 12.0. The van der Waals surface area contributed by atoms with E-state index in [1.54, 1.807) is 11.6 Å². The molecule has 4 rings (SSSR count). The van der Waals surface area contributed by atoms with Crippen LogP contribution in [0.1, 0.15) is 41.2 Å². The minimum Gasteiger partial charge on any atom is -0.496 e. The second-order valence-corrected chi connectivity index (χ2v) is 7.91. The lowest BCUT2D eigenvalue weighted by Gasteiger charge is -2.23. The molecular weight excluding hydrogens is 416 g/mol. The van der Waals surface area contributed by atoms with Crippen molar-refractivity contribution in [2.75, 3.05) is 25.1 Å². The van der Waals surface area contributed by atoms with Gasteiger partial charge in [0.25, 0.3) is 0 Å². The molecular formula is C26H28N4O3. The van der Waals surface area contributed by atoms with E-state index < -0.39 is 5.97 Å². The van der Waals surface area contributed by atoms with Gasteiger partial charge in [0.2, 0.25) is 0 Å². The number of imidazole rings is 1. The normalized spacial score (nSPS) is 11.8. The first-order chi connectivity index (χ1) is 15.9. The molecule has 0 aliphatic rings. The Bertz CT molecular complexity index is 1370. The number of anilines is 1. The van der Waals surface area contributed by atoms with Gasteiger partial charge < -0.3 is 14.7 Å². The standard InChI is InChI=1S/C26H28N4O3/c1-6-29(7-2)19-13-16(3)20(22(14-19)33-5)15-21-24(26(31)32)28-30-17(4)23(27-25(21)30)18-11-9-8-10-12-18/h8-15H,6-7H2,1-5H3,(H,31,32)/b21-15+. The first-order valence-corrected chi connectivity index (χ1v) is 11.0. The van der Waals surface area contributed by atoms with Crippen LogP contribution < -0.4 is 14.9 Å². The second-order valence-electron chi connectivity index (χ2n) is 7.91. The number of carboxylic acid groups (broad SMARTS) is 1. The maximum Gasteiger partial charge on any atom is 0.357 e. The van der Waals surface area contributed by atoms with Crippen LogP contribution in [-0.2, 0) is 0 Å². The first-order valence-electron chi connectivity index (χ1n) is 11.0. The Labute approximate surface area is 192 Å². The van der Waals surface area contributed by atoms with Crippen LogP contribution in [0.15, 0.2) is 42.5 Å². The van der Waals surface area contributed by atoms with Gasteiger partial charge in [0.15, 0.2) is 11.3 Å². The molecule has 1 N–H and O–H groups in total. The Balaban J connectivity index is 1.98. The van der Waals surface area contributed by atoms with E-state index in [1.165, 1.54) is 0 Å². The van der Waals surface area contributed by atoms with Crippen molar-refractivity contribution < 1.29 is 14.6 Å². The van der Waals surface area contributed by atoms with Gasteiger partial charge in [-0.05, 0) is 45.4 Å². The van der Waals surface area contributed by atoms with Crippen LogP contribution in [0.2, 0.25) is 0 Å². The molecule has 7 nitrogen and oxygen atoms in total. The number of hydrogen-bond donors (Lipinski definition) is 1. The molecule has 0 saturated carbocycles. The molecule has 0 fully saturated rings. The summed E-state index contributed by atoms with van der Waals surface area (Å²) in [6.07, 6.45) is 1.83. The number of rotatable bonds is 7. The van der Waals surface area contributed by atoms with E-state index in [2.05, 4.69) is 29.9 Å². The maximum atomic E-state index is 12.0. The third-order valence-corrected chi connectivity index (χ3v) is 6.00. The first kappa shape index (κ1) is 22.3. The number of aryl methyl sites for hydroxylation is 2. The number of hydrogen-bond acceptors (Lipinski definition) is 5. The summed E-state index contributed by atoms with van der Waals surface area (Å²) >= 11 is 0. The molecule has 0 atom stereocenters. The van der Waals surface area contributed by atoms with Crippen LogP contribution in [0.3, 0.4) is 0 Å². The Morgan fingerprint density at radius 3 is 2.45 bits per heavy atom. The predicted molar refractivity (Wildman–Crippen MR) is 130 cm³/mol. The molecule has 0 aliphatic heterocycles. The lowest BCUT2D eigenvalue weighted by atomic mass is 10.0. The Kier molecular flexibility index (Phi) is 6.05. The smallest absolute Gasteiger partial charge is 0.357 e. The molecule has 0 radical (unpaired) electrons. The number of fused-ring (bicyclic) bond motifs is 1. The van der Waals surface area contributed by atoms with Crippen LogP contribution in [0.5, 0.6) is 5.75 Å². The van der Waals surface area contributed by atoms with Gasteiger partial charge in [-0.2, -0.15) is 5.10 Å². The van der Waals surface area contributed by atoms with Crippen molar-refractivity contribution in [3.8, 4) is 17.0 Å². The van der Waals surface area contributed by atoms with Gasteiger partial charge in [-0.25, -0.2) is 14.3 Å². The number of nitrogens with zero attached hydrogens (tertiary/aromatic N) is 4. The number of aromatic carboxylic acids is 1. The topological polar surface area (TPSA) is 80.0 Å². The van der Waals surface area contributed by atoms with Crippen molar-refractivity contribution in [1.82, 2.24) is 14.6 Å². The van der Waals surface area contributed by atoms with Crippen LogP contribution in [0.4, 0.5) is 5.69 Å². The van der Waals surface area contributed by atoms with Crippen LogP contribution in [0.25, 0.3) is 23.0 Å². The molecule has 0 spiro atoms. The molecule has 0 unspecified atom stereocenters. The van der Waals surface area contributed by atoms with Gasteiger partial charge in [-0.1, -0.05) is 30.3 Å². The number of methoxy groups -OCH3 is 1. The highest BCUT2D eigenvalue weighted by atomic mass is 16.5. The van der Waals surface area contributed by atoms with Crippen LogP contribution in [0, 0.1) is 13.8 Å². The van der Waals surface area contributed by atoms with Crippen molar-refractivity contribution >= 4 is 23.4 Å². The van der Waals surface area contributed by atoms with E-state index in [0.717, 1.165) is 46.9 Å². The zero-order chi connectivity index (χ0) is 23.7.